The molecule has 0 fully saturated rings. The Morgan fingerprint density at radius 1 is 1.45 bits per heavy atom. The average molecular weight is 300 g/mol. The minimum Gasteiger partial charge on any atom is -0.504 e. The molecule has 22 heavy (non-hydrogen) atoms. The van der Waals surface area contributed by atoms with Crippen LogP contribution in [0.25, 0.3) is 0 Å². The lowest BCUT2D eigenvalue weighted by atomic mass is 10.0. The third-order valence-corrected chi connectivity index (χ3v) is 3.62. The van der Waals surface area contributed by atoms with Gasteiger partial charge in [-0.05, 0) is 30.3 Å². The Morgan fingerprint density at radius 2 is 2.27 bits per heavy atom. The Labute approximate surface area is 127 Å². The fourth-order valence-electron chi connectivity index (χ4n) is 2.53. The van der Waals surface area contributed by atoms with Crippen LogP contribution >= 0.6 is 0 Å². The fraction of sp³-hybridized carbons (Fsp3) is 0.250. The fourth-order valence-corrected chi connectivity index (χ4v) is 2.53. The molecule has 0 radical (unpaired) electrons. The molecular weight excluding hydrogens is 284 g/mol. The van der Waals surface area contributed by atoms with Gasteiger partial charge in [0.2, 0.25) is 5.91 Å². The molecule has 1 aromatic heterocycles. The Bertz CT molecular complexity index is 722. The van der Waals surface area contributed by atoms with E-state index in [9.17, 15) is 9.90 Å². The first-order chi connectivity index (χ1) is 10.6. The van der Waals surface area contributed by atoms with Crippen molar-refractivity contribution in [1.29, 1.82) is 0 Å². The number of hydrogen-bond donors (Lipinski definition) is 1. The highest BCUT2D eigenvalue weighted by Gasteiger charge is 2.33. The number of benzene rings is 1. The number of ether oxygens (including phenoxy) is 1. The van der Waals surface area contributed by atoms with Crippen molar-refractivity contribution in [2.24, 2.45) is 5.10 Å². The second-order valence-electron chi connectivity index (χ2n) is 5.03. The van der Waals surface area contributed by atoms with E-state index in [1.165, 1.54) is 19.0 Å². The number of phenols is 1. The van der Waals surface area contributed by atoms with Crippen LogP contribution in [0.1, 0.15) is 30.7 Å². The number of rotatable bonds is 3. The van der Waals surface area contributed by atoms with Crippen LogP contribution in [0.5, 0.6) is 11.5 Å². The van der Waals surface area contributed by atoms with E-state index in [1.54, 1.807) is 30.5 Å². The van der Waals surface area contributed by atoms with Gasteiger partial charge in [0.15, 0.2) is 11.5 Å². The summed E-state index contributed by atoms with van der Waals surface area (Å²) in [4.78, 5) is 11.8. The summed E-state index contributed by atoms with van der Waals surface area (Å²) in [5, 5.41) is 15.5. The van der Waals surface area contributed by atoms with E-state index in [4.69, 9.17) is 9.15 Å². The van der Waals surface area contributed by atoms with E-state index in [-0.39, 0.29) is 17.7 Å². The number of amides is 1. The molecule has 1 aromatic carbocycles. The molecule has 2 aromatic rings. The van der Waals surface area contributed by atoms with Gasteiger partial charge in [0.1, 0.15) is 11.8 Å². The minimum absolute atomic E-state index is 0.0656. The summed E-state index contributed by atoms with van der Waals surface area (Å²) in [7, 11) is 1.49. The molecule has 0 unspecified atom stereocenters. The SMILES string of the molecule is COc1cc(C2=NN(C(C)=O)[C@H](c3ccco3)C2)ccc1O. The van der Waals surface area contributed by atoms with E-state index in [2.05, 4.69) is 5.10 Å². The van der Waals surface area contributed by atoms with Crippen molar-refractivity contribution < 1.29 is 19.1 Å². The number of methoxy groups -OCH3 is 1. The minimum atomic E-state index is -0.248. The maximum Gasteiger partial charge on any atom is 0.240 e. The third-order valence-electron chi connectivity index (χ3n) is 3.62. The molecule has 1 aliphatic heterocycles. The van der Waals surface area contributed by atoms with Gasteiger partial charge in [-0.2, -0.15) is 5.10 Å². The number of carbonyl (C=O) groups is 1. The summed E-state index contributed by atoms with van der Waals surface area (Å²) < 4.78 is 10.5. The summed E-state index contributed by atoms with van der Waals surface area (Å²) in [6.45, 7) is 1.47. The van der Waals surface area contributed by atoms with Crippen molar-refractivity contribution >= 4 is 11.6 Å². The van der Waals surface area contributed by atoms with Gasteiger partial charge in [-0.15, -0.1) is 0 Å². The molecule has 0 spiro atoms. The van der Waals surface area contributed by atoms with Gasteiger partial charge in [0.05, 0.1) is 19.1 Å². The molecule has 6 nitrogen and oxygen atoms in total. The molecular formula is C16H16N2O4. The number of hydrazone groups is 1. The van der Waals surface area contributed by atoms with Gasteiger partial charge in [0.25, 0.3) is 0 Å². The molecule has 1 N–H and O–H groups in total. The zero-order valence-electron chi connectivity index (χ0n) is 12.3. The lowest BCUT2D eigenvalue weighted by Gasteiger charge is -2.17. The van der Waals surface area contributed by atoms with E-state index < -0.39 is 0 Å². The van der Waals surface area contributed by atoms with Crippen molar-refractivity contribution in [1.82, 2.24) is 5.01 Å². The summed E-state index contributed by atoms with van der Waals surface area (Å²) >= 11 is 0. The first-order valence-corrected chi connectivity index (χ1v) is 6.88. The summed E-state index contributed by atoms with van der Waals surface area (Å²) in [5.74, 6) is 0.980. The maximum absolute atomic E-state index is 11.8. The molecule has 3 rings (SSSR count). The summed E-state index contributed by atoms with van der Waals surface area (Å²) in [6.07, 6.45) is 2.12. The predicted molar refractivity (Wildman–Crippen MR) is 79.8 cm³/mol. The van der Waals surface area contributed by atoms with Crippen molar-refractivity contribution in [2.75, 3.05) is 7.11 Å². The van der Waals surface area contributed by atoms with Gasteiger partial charge in [-0.1, -0.05) is 0 Å². The highest BCUT2D eigenvalue weighted by atomic mass is 16.5. The quantitative estimate of drug-likeness (QED) is 0.945. The van der Waals surface area contributed by atoms with Crippen LogP contribution in [-0.2, 0) is 4.79 Å². The smallest absolute Gasteiger partial charge is 0.240 e. The van der Waals surface area contributed by atoms with E-state index in [1.807, 2.05) is 6.07 Å². The summed E-state index contributed by atoms with van der Waals surface area (Å²) in [5.41, 5.74) is 1.55. The van der Waals surface area contributed by atoms with Crippen molar-refractivity contribution in [3.63, 3.8) is 0 Å². The molecule has 114 valence electrons. The third kappa shape index (κ3) is 2.43. The standard InChI is InChI=1S/C16H16N2O4/c1-10(19)18-13(15-4-3-7-22-15)9-12(17-18)11-5-6-14(20)16(8-11)21-2/h3-8,13,20H,9H2,1-2H3/t13-/m0/s1. The Balaban J connectivity index is 1.95. The van der Waals surface area contributed by atoms with Crippen LogP contribution in [0.15, 0.2) is 46.1 Å². The van der Waals surface area contributed by atoms with Gasteiger partial charge in [0, 0.05) is 18.9 Å². The van der Waals surface area contributed by atoms with Crippen molar-refractivity contribution in [2.45, 2.75) is 19.4 Å². The lowest BCUT2D eigenvalue weighted by Crippen LogP contribution is -2.23. The van der Waals surface area contributed by atoms with Crippen molar-refractivity contribution in [3.05, 3.63) is 47.9 Å². The zero-order chi connectivity index (χ0) is 15.7. The number of phenolic OH excluding ortho intramolecular Hbond substituents is 1. The Hall–Kier alpha value is -2.76. The normalized spacial score (nSPS) is 17.5. The van der Waals surface area contributed by atoms with Gasteiger partial charge >= 0.3 is 0 Å². The lowest BCUT2D eigenvalue weighted by molar-refractivity contribution is -0.130. The number of aromatic hydroxyl groups is 1. The molecule has 0 saturated carbocycles. The number of nitrogens with zero attached hydrogens (tertiary/aromatic N) is 2. The van der Waals surface area contributed by atoms with E-state index >= 15 is 0 Å². The Morgan fingerprint density at radius 3 is 2.91 bits per heavy atom. The molecule has 0 saturated heterocycles. The van der Waals surface area contributed by atoms with Gasteiger partial charge < -0.3 is 14.3 Å². The van der Waals surface area contributed by atoms with Crippen LogP contribution in [-0.4, -0.2) is 28.8 Å². The molecule has 0 aliphatic carbocycles. The monoisotopic (exact) mass is 300 g/mol. The predicted octanol–water partition coefficient (Wildman–Crippen LogP) is 2.69. The second kappa shape index (κ2) is 5.55. The zero-order valence-corrected chi connectivity index (χ0v) is 12.3. The number of carbonyl (C=O) groups excluding carboxylic acids is 1. The van der Waals surface area contributed by atoms with E-state index in [0.717, 1.165) is 11.3 Å². The molecule has 2 heterocycles. The molecule has 0 bridgehead atoms. The van der Waals surface area contributed by atoms with E-state index in [0.29, 0.717) is 17.9 Å². The number of hydrogen-bond acceptors (Lipinski definition) is 5. The first kappa shape index (κ1) is 14.2. The van der Waals surface area contributed by atoms with Crippen LogP contribution in [0.3, 0.4) is 0 Å². The highest BCUT2D eigenvalue weighted by Crippen LogP contribution is 2.35. The molecule has 6 heteroatoms. The first-order valence-electron chi connectivity index (χ1n) is 6.88. The average Bonchev–Trinajstić information content (AvgIpc) is 3.16. The van der Waals surface area contributed by atoms with Crippen LogP contribution in [0.2, 0.25) is 0 Å². The highest BCUT2D eigenvalue weighted by molar-refractivity contribution is 6.03. The van der Waals surface area contributed by atoms with Gasteiger partial charge in [-0.3, -0.25) is 4.79 Å². The van der Waals surface area contributed by atoms with Crippen LogP contribution in [0, 0.1) is 0 Å². The summed E-state index contributed by atoms with van der Waals surface area (Å²) in [6, 6.07) is 8.37. The Kier molecular flexibility index (Phi) is 3.58. The number of furan rings is 1. The molecule has 1 amide bonds. The maximum atomic E-state index is 11.8. The molecule has 1 aliphatic rings. The van der Waals surface area contributed by atoms with Gasteiger partial charge in [-0.25, -0.2) is 5.01 Å². The van der Waals surface area contributed by atoms with Crippen LogP contribution in [0.4, 0.5) is 0 Å². The van der Waals surface area contributed by atoms with Crippen molar-refractivity contribution in [3.8, 4) is 11.5 Å². The van der Waals surface area contributed by atoms with Crippen LogP contribution < -0.4 is 4.74 Å². The second-order valence-corrected chi connectivity index (χ2v) is 5.03. The topological polar surface area (TPSA) is 75.3 Å². The largest absolute Gasteiger partial charge is 0.504 e. The molecule has 1 atom stereocenters.